The summed E-state index contributed by atoms with van der Waals surface area (Å²) < 4.78 is 32.9. The Morgan fingerprint density at radius 2 is 2.04 bits per heavy atom. The molecule has 134 valence electrons. The fraction of sp³-hybridized carbons (Fsp3) is 0.111. The summed E-state index contributed by atoms with van der Waals surface area (Å²) in [5, 5.41) is 0.677. The first kappa shape index (κ1) is 18.2. The van der Waals surface area contributed by atoms with Crippen molar-refractivity contribution in [1.82, 2.24) is 9.71 Å². The van der Waals surface area contributed by atoms with E-state index in [1.165, 1.54) is 41.7 Å². The molecule has 2 aromatic carbocycles. The molecule has 26 heavy (non-hydrogen) atoms. The molecular formula is C18H16N2O4S2. The number of aromatic nitrogens is 1. The van der Waals surface area contributed by atoms with Gasteiger partial charge in [0.2, 0.25) is 10.0 Å². The van der Waals surface area contributed by atoms with E-state index in [1.807, 2.05) is 24.3 Å². The second kappa shape index (κ2) is 7.77. The quantitative estimate of drug-likeness (QED) is 0.496. The summed E-state index contributed by atoms with van der Waals surface area (Å²) in [5.74, 6) is -0.606. The lowest BCUT2D eigenvalue weighted by Gasteiger charge is -2.07. The van der Waals surface area contributed by atoms with E-state index in [9.17, 15) is 13.2 Å². The van der Waals surface area contributed by atoms with E-state index in [1.54, 1.807) is 0 Å². The van der Waals surface area contributed by atoms with Gasteiger partial charge in [0.1, 0.15) is 11.6 Å². The van der Waals surface area contributed by atoms with Crippen molar-refractivity contribution in [2.75, 3.05) is 6.54 Å². The molecule has 1 N–H and O–H groups in total. The Hall–Kier alpha value is -2.55. The maximum Gasteiger partial charge on any atom is 0.338 e. The summed E-state index contributed by atoms with van der Waals surface area (Å²) in [5.41, 5.74) is 1.01. The molecule has 0 spiro atoms. The van der Waals surface area contributed by atoms with E-state index in [2.05, 4.69) is 16.3 Å². The van der Waals surface area contributed by atoms with Crippen LogP contribution < -0.4 is 4.72 Å². The van der Waals surface area contributed by atoms with Gasteiger partial charge in [-0.25, -0.2) is 22.9 Å². The topological polar surface area (TPSA) is 85.4 Å². The zero-order chi connectivity index (χ0) is 18.6. The monoisotopic (exact) mass is 388 g/mol. The number of hydrogen-bond donors (Lipinski definition) is 1. The van der Waals surface area contributed by atoms with Gasteiger partial charge in [-0.3, -0.25) is 0 Å². The van der Waals surface area contributed by atoms with Crippen LogP contribution in [0.4, 0.5) is 0 Å². The third-order valence-corrected chi connectivity index (χ3v) is 5.89. The number of nitrogens with one attached hydrogen (secondary N) is 1. The van der Waals surface area contributed by atoms with Crippen molar-refractivity contribution in [2.24, 2.45) is 0 Å². The highest BCUT2D eigenvalue weighted by atomic mass is 32.2. The normalized spacial score (nSPS) is 11.4. The summed E-state index contributed by atoms with van der Waals surface area (Å²) in [7, 11) is -3.70. The number of ether oxygens (including phenoxy) is 1. The molecule has 0 aliphatic carbocycles. The molecule has 0 saturated heterocycles. The lowest BCUT2D eigenvalue weighted by atomic mass is 10.2. The van der Waals surface area contributed by atoms with Crippen LogP contribution in [0.2, 0.25) is 0 Å². The molecule has 0 atom stereocenters. The van der Waals surface area contributed by atoms with E-state index in [0.717, 1.165) is 10.2 Å². The summed E-state index contributed by atoms with van der Waals surface area (Å²) in [6.45, 7) is 3.60. The van der Waals surface area contributed by atoms with Crippen molar-refractivity contribution >= 4 is 37.5 Å². The zero-order valence-corrected chi connectivity index (χ0v) is 15.3. The molecule has 3 aromatic rings. The first-order valence-corrected chi connectivity index (χ1v) is 10.0. The first-order chi connectivity index (χ1) is 12.5. The van der Waals surface area contributed by atoms with E-state index in [-0.39, 0.29) is 23.6 Å². The molecule has 0 radical (unpaired) electrons. The van der Waals surface area contributed by atoms with Gasteiger partial charge in [-0.2, -0.15) is 0 Å². The minimum atomic E-state index is -3.70. The number of benzene rings is 2. The SMILES string of the molecule is C=CCNS(=O)(=O)c1cccc(C(=O)OCc2nc3ccccc3s2)c1. The Labute approximate surface area is 155 Å². The van der Waals surface area contributed by atoms with Crippen LogP contribution in [-0.4, -0.2) is 25.9 Å². The molecule has 0 bridgehead atoms. The molecule has 0 aliphatic rings. The van der Waals surface area contributed by atoms with E-state index >= 15 is 0 Å². The summed E-state index contributed by atoms with van der Waals surface area (Å²) in [6, 6.07) is 13.4. The molecule has 1 heterocycles. The first-order valence-electron chi connectivity index (χ1n) is 7.72. The summed E-state index contributed by atoms with van der Waals surface area (Å²) in [6.07, 6.45) is 1.44. The number of nitrogens with zero attached hydrogens (tertiary/aromatic N) is 1. The van der Waals surface area contributed by atoms with Crippen molar-refractivity contribution in [2.45, 2.75) is 11.5 Å². The number of hydrogen-bond acceptors (Lipinski definition) is 6. The smallest absolute Gasteiger partial charge is 0.338 e. The van der Waals surface area contributed by atoms with Gasteiger partial charge in [0, 0.05) is 6.54 Å². The van der Waals surface area contributed by atoms with Crippen molar-refractivity contribution in [3.63, 3.8) is 0 Å². The minimum absolute atomic E-state index is 0.00575. The molecule has 3 rings (SSSR count). The highest BCUT2D eigenvalue weighted by Gasteiger charge is 2.16. The van der Waals surface area contributed by atoms with Gasteiger partial charge in [-0.1, -0.05) is 24.3 Å². The molecule has 0 amide bonds. The number of sulfonamides is 1. The van der Waals surface area contributed by atoms with E-state index < -0.39 is 16.0 Å². The van der Waals surface area contributed by atoms with E-state index in [0.29, 0.717) is 5.01 Å². The van der Waals surface area contributed by atoms with Crippen molar-refractivity contribution < 1.29 is 17.9 Å². The fourth-order valence-corrected chi connectivity index (χ4v) is 4.16. The molecular weight excluding hydrogens is 372 g/mol. The van der Waals surface area contributed by atoms with E-state index in [4.69, 9.17) is 4.74 Å². The number of thiazole rings is 1. The van der Waals surface area contributed by atoms with Crippen LogP contribution in [0.1, 0.15) is 15.4 Å². The Morgan fingerprint density at radius 3 is 2.81 bits per heavy atom. The molecule has 0 saturated carbocycles. The van der Waals surface area contributed by atoms with Crippen LogP contribution in [0.15, 0.2) is 66.1 Å². The average Bonchev–Trinajstić information content (AvgIpc) is 3.07. The fourth-order valence-electron chi connectivity index (χ4n) is 2.23. The van der Waals surface area contributed by atoms with Gasteiger partial charge in [-0.05, 0) is 30.3 Å². The predicted molar refractivity (Wildman–Crippen MR) is 101 cm³/mol. The predicted octanol–water partition coefficient (Wildman–Crippen LogP) is 3.12. The lowest BCUT2D eigenvalue weighted by Crippen LogP contribution is -2.23. The Balaban J connectivity index is 1.71. The number of fused-ring (bicyclic) bond motifs is 1. The third kappa shape index (κ3) is 4.16. The number of carbonyl (C=O) groups is 1. The zero-order valence-electron chi connectivity index (χ0n) is 13.7. The largest absolute Gasteiger partial charge is 0.455 e. The summed E-state index contributed by atoms with van der Waals surface area (Å²) >= 11 is 1.45. The number of para-hydroxylation sites is 1. The van der Waals surface area contributed by atoms with Crippen LogP contribution in [0, 0.1) is 0 Å². The second-order valence-corrected chi connectivity index (χ2v) is 8.20. The highest BCUT2D eigenvalue weighted by molar-refractivity contribution is 7.89. The molecule has 0 aliphatic heterocycles. The summed E-state index contributed by atoms with van der Waals surface area (Å²) in [4.78, 5) is 16.6. The standard InChI is InChI=1S/C18H16N2O4S2/c1-2-10-19-26(22,23)14-7-5-6-13(11-14)18(21)24-12-17-20-15-8-3-4-9-16(15)25-17/h2-9,11,19H,1,10,12H2. The maximum absolute atomic E-state index is 12.2. The molecule has 8 heteroatoms. The maximum atomic E-state index is 12.2. The lowest BCUT2D eigenvalue weighted by molar-refractivity contribution is 0.0472. The number of rotatable bonds is 7. The van der Waals surface area contributed by atoms with Gasteiger partial charge >= 0.3 is 5.97 Å². The van der Waals surface area contributed by atoms with Gasteiger partial charge in [-0.15, -0.1) is 17.9 Å². The molecule has 0 fully saturated rings. The van der Waals surface area contributed by atoms with Crippen LogP contribution >= 0.6 is 11.3 Å². The highest BCUT2D eigenvalue weighted by Crippen LogP contribution is 2.22. The number of esters is 1. The van der Waals surface area contributed by atoms with Crippen molar-refractivity contribution in [1.29, 1.82) is 0 Å². The Kier molecular flexibility index (Phi) is 5.46. The molecule has 1 aromatic heterocycles. The van der Waals surface area contributed by atoms with Crippen LogP contribution in [0.25, 0.3) is 10.2 Å². The molecule has 6 nitrogen and oxygen atoms in total. The Morgan fingerprint density at radius 1 is 1.23 bits per heavy atom. The average molecular weight is 388 g/mol. The minimum Gasteiger partial charge on any atom is -0.455 e. The number of carbonyl (C=O) groups excluding carboxylic acids is 1. The van der Waals surface area contributed by atoms with Crippen molar-refractivity contribution in [3.05, 3.63) is 71.8 Å². The van der Waals surface area contributed by atoms with Gasteiger partial charge in [0.25, 0.3) is 0 Å². The van der Waals surface area contributed by atoms with Gasteiger partial charge in [0.05, 0.1) is 20.7 Å². The molecule has 0 unspecified atom stereocenters. The van der Waals surface area contributed by atoms with Gasteiger partial charge in [0.15, 0.2) is 0 Å². The second-order valence-electron chi connectivity index (χ2n) is 5.32. The van der Waals surface area contributed by atoms with Crippen LogP contribution in [-0.2, 0) is 21.4 Å². The van der Waals surface area contributed by atoms with Crippen LogP contribution in [0.5, 0.6) is 0 Å². The van der Waals surface area contributed by atoms with Crippen molar-refractivity contribution in [3.8, 4) is 0 Å². The van der Waals surface area contributed by atoms with Crippen LogP contribution in [0.3, 0.4) is 0 Å². The van der Waals surface area contributed by atoms with Gasteiger partial charge < -0.3 is 4.74 Å². The third-order valence-electron chi connectivity index (χ3n) is 3.46. The Bertz CT molecular complexity index is 1020.